The molecule has 28 heavy (non-hydrogen) atoms. The first-order valence-electron chi connectivity index (χ1n) is 8.91. The van der Waals surface area contributed by atoms with Crippen molar-refractivity contribution in [2.24, 2.45) is 0 Å². The Morgan fingerprint density at radius 1 is 0.964 bits per heavy atom. The SMILES string of the molecule is CCCN1C(=O)C(Nc2ccc(F)cc2)=C(c2ccc(NC(C)=O)cc2)C1=O. The second-order valence-electron chi connectivity index (χ2n) is 6.40. The van der Waals surface area contributed by atoms with Gasteiger partial charge in [0.1, 0.15) is 11.5 Å². The maximum atomic E-state index is 13.2. The number of carbonyl (C=O) groups excluding carboxylic acids is 3. The number of benzene rings is 2. The van der Waals surface area contributed by atoms with Gasteiger partial charge < -0.3 is 10.6 Å². The van der Waals surface area contributed by atoms with Crippen molar-refractivity contribution in [3.63, 3.8) is 0 Å². The van der Waals surface area contributed by atoms with Crippen LogP contribution in [0.4, 0.5) is 15.8 Å². The molecular weight excluding hydrogens is 361 g/mol. The second-order valence-corrected chi connectivity index (χ2v) is 6.40. The smallest absolute Gasteiger partial charge is 0.278 e. The van der Waals surface area contributed by atoms with Crippen molar-refractivity contribution >= 4 is 34.7 Å². The molecule has 7 heteroatoms. The monoisotopic (exact) mass is 381 g/mol. The Hall–Kier alpha value is -3.48. The molecule has 3 rings (SSSR count). The van der Waals surface area contributed by atoms with Crippen LogP contribution < -0.4 is 10.6 Å². The van der Waals surface area contributed by atoms with Crippen LogP contribution in [0.15, 0.2) is 54.2 Å². The van der Waals surface area contributed by atoms with Gasteiger partial charge in [0, 0.05) is 24.8 Å². The largest absolute Gasteiger partial charge is 0.350 e. The van der Waals surface area contributed by atoms with Gasteiger partial charge in [0.25, 0.3) is 11.8 Å². The molecule has 2 aromatic carbocycles. The highest BCUT2D eigenvalue weighted by Gasteiger charge is 2.38. The second kappa shape index (κ2) is 8.04. The predicted molar refractivity (Wildman–Crippen MR) is 105 cm³/mol. The summed E-state index contributed by atoms with van der Waals surface area (Å²) in [6.45, 7) is 3.59. The minimum absolute atomic E-state index is 0.150. The van der Waals surface area contributed by atoms with Crippen LogP contribution in [0.25, 0.3) is 5.57 Å². The van der Waals surface area contributed by atoms with Crippen LogP contribution in [-0.2, 0) is 14.4 Å². The molecule has 1 heterocycles. The van der Waals surface area contributed by atoms with Crippen LogP contribution in [0.2, 0.25) is 0 Å². The Morgan fingerprint density at radius 2 is 1.57 bits per heavy atom. The molecule has 0 unspecified atom stereocenters. The number of hydrogen-bond donors (Lipinski definition) is 2. The first kappa shape index (κ1) is 19.3. The average Bonchev–Trinajstić information content (AvgIpc) is 2.89. The summed E-state index contributed by atoms with van der Waals surface area (Å²) in [5, 5.41) is 5.62. The standard InChI is InChI=1S/C21H20FN3O3/c1-3-12-25-20(27)18(14-4-8-16(9-5-14)23-13(2)26)19(21(25)28)24-17-10-6-15(22)7-11-17/h4-11,24H,3,12H2,1-2H3,(H,23,26). The number of rotatable bonds is 6. The van der Waals surface area contributed by atoms with Gasteiger partial charge in [-0.15, -0.1) is 0 Å². The zero-order valence-electron chi connectivity index (χ0n) is 15.6. The van der Waals surface area contributed by atoms with Crippen molar-refractivity contribution in [3.05, 3.63) is 65.6 Å². The highest BCUT2D eigenvalue weighted by Crippen LogP contribution is 2.31. The van der Waals surface area contributed by atoms with E-state index < -0.39 is 11.7 Å². The van der Waals surface area contributed by atoms with E-state index in [4.69, 9.17) is 0 Å². The lowest BCUT2D eigenvalue weighted by Crippen LogP contribution is -2.33. The van der Waals surface area contributed by atoms with Crippen molar-refractivity contribution in [2.75, 3.05) is 17.2 Å². The van der Waals surface area contributed by atoms with Gasteiger partial charge in [0.2, 0.25) is 5.91 Å². The van der Waals surface area contributed by atoms with Crippen LogP contribution in [0.3, 0.4) is 0 Å². The summed E-state index contributed by atoms with van der Waals surface area (Å²) >= 11 is 0. The summed E-state index contributed by atoms with van der Waals surface area (Å²) in [7, 11) is 0. The molecule has 0 fully saturated rings. The highest BCUT2D eigenvalue weighted by molar-refractivity contribution is 6.36. The van der Waals surface area contributed by atoms with E-state index in [-0.39, 0.29) is 23.1 Å². The Balaban J connectivity index is 2.00. The van der Waals surface area contributed by atoms with Crippen molar-refractivity contribution in [3.8, 4) is 0 Å². The molecule has 1 aliphatic heterocycles. The molecule has 0 atom stereocenters. The van der Waals surface area contributed by atoms with Crippen molar-refractivity contribution in [2.45, 2.75) is 20.3 Å². The maximum absolute atomic E-state index is 13.2. The molecule has 3 amide bonds. The molecular formula is C21H20FN3O3. The summed E-state index contributed by atoms with van der Waals surface area (Å²) in [4.78, 5) is 38.1. The molecule has 0 spiro atoms. The van der Waals surface area contributed by atoms with E-state index in [1.165, 1.54) is 36.1 Å². The molecule has 0 radical (unpaired) electrons. The third-order valence-corrected chi connectivity index (χ3v) is 4.22. The van der Waals surface area contributed by atoms with Crippen LogP contribution >= 0.6 is 0 Å². The van der Waals surface area contributed by atoms with E-state index >= 15 is 0 Å². The van der Waals surface area contributed by atoms with Gasteiger partial charge in [0.15, 0.2) is 0 Å². The Labute approximate surface area is 162 Å². The third kappa shape index (κ3) is 3.93. The summed E-state index contributed by atoms with van der Waals surface area (Å²) in [5.74, 6) is -1.40. The Bertz CT molecular complexity index is 950. The van der Waals surface area contributed by atoms with E-state index in [0.29, 0.717) is 29.9 Å². The summed E-state index contributed by atoms with van der Waals surface area (Å²) < 4.78 is 13.2. The van der Waals surface area contributed by atoms with Gasteiger partial charge in [-0.2, -0.15) is 0 Å². The summed E-state index contributed by atoms with van der Waals surface area (Å²) in [5.41, 5.74) is 2.04. The maximum Gasteiger partial charge on any atom is 0.278 e. The Morgan fingerprint density at radius 3 is 2.14 bits per heavy atom. The van der Waals surface area contributed by atoms with Gasteiger partial charge >= 0.3 is 0 Å². The predicted octanol–water partition coefficient (Wildman–Crippen LogP) is 3.39. The van der Waals surface area contributed by atoms with Crippen LogP contribution in [0.5, 0.6) is 0 Å². The fourth-order valence-corrected chi connectivity index (χ4v) is 2.99. The lowest BCUT2D eigenvalue weighted by molar-refractivity contribution is -0.136. The average molecular weight is 381 g/mol. The number of amides is 3. The minimum Gasteiger partial charge on any atom is -0.350 e. The quantitative estimate of drug-likeness (QED) is 0.752. The Kier molecular flexibility index (Phi) is 5.54. The molecule has 2 N–H and O–H groups in total. The molecule has 0 aromatic heterocycles. The van der Waals surface area contributed by atoms with Gasteiger partial charge in [0.05, 0.1) is 5.57 Å². The van der Waals surface area contributed by atoms with Gasteiger partial charge in [-0.1, -0.05) is 19.1 Å². The minimum atomic E-state index is -0.419. The normalized spacial score (nSPS) is 13.9. The van der Waals surface area contributed by atoms with Gasteiger partial charge in [-0.05, 0) is 48.4 Å². The van der Waals surface area contributed by atoms with E-state index in [2.05, 4.69) is 10.6 Å². The number of halogens is 1. The molecule has 0 saturated heterocycles. The molecule has 1 aliphatic rings. The molecule has 6 nitrogen and oxygen atoms in total. The van der Waals surface area contributed by atoms with E-state index in [1.807, 2.05) is 6.92 Å². The number of nitrogens with zero attached hydrogens (tertiary/aromatic N) is 1. The fraction of sp³-hybridized carbons (Fsp3) is 0.190. The van der Waals surface area contributed by atoms with E-state index in [1.54, 1.807) is 24.3 Å². The number of nitrogens with one attached hydrogen (secondary N) is 2. The summed E-state index contributed by atoms with van der Waals surface area (Å²) in [6, 6.07) is 12.2. The van der Waals surface area contributed by atoms with Crippen molar-refractivity contribution < 1.29 is 18.8 Å². The van der Waals surface area contributed by atoms with Crippen LogP contribution in [0, 0.1) is 5.82 Å². The number of imide groups is 1. The molecule has 0 aliphatic carbocycles. The van der Waals surface area contributed by atoms with Gasteiger partial charge in [-0.3, -0.25) is 19.3 Å². The molecule has 0 saturated carbocycles. The van der Waals surface area contributed by atoms with Crippen molar-refractivity contribution in [1.29, 1.82) is 0 Å². The summed E-state index contributed by atoms with van der Waals surface area (Å²) in [6.07, 6.45) is 0.635. The molecule has 0 bridgehead atoms. The van der Waals surface area contributed by atoms with Gasteiger partial charge in [-0.25, -0.2) is 4.39 Å². The number of carbonyl (C=O) groups is 3. The lowest BCUT2D eigenvalue weighted by atomic mass is 10.0. The first-order valence-corrected chi connectivity index (χ1v) is 8.91. The third-order valence-electron chi connectivity index (χ3n) is 4.22. The van der Waals surface area contributed by atoms with Crippen LogP contribution in [-0.4, -0.2) is 29.2 Å². The molecule has 2 aromatic rings. The zero-order chi connectivity index (χ0) is 20.3. The number of anilines is 2. The zero-order valence-corrected chi connectivity index (χ0v) is 15.6. The fourth-order valence-electron chi connectivity index (χ4n) is 2.99. The van der Waals surface area contributed by atoms with Crippen molar-refractivity contribution in [1.82, 2.24) is 4.90 Å². The molecule has 144 valence electrons. The highest BCUT2D eigenvalue weighted by atomic mass is 19.1. The topological polar surface area (TPSA) is 78.5 Å². The first-order chi connectivity index (χ1) is 13.4. The van der Waals surface area contributed by atoms with E-state index in [9.17, 15) is 18.8 Å². The van der Waals surface area contributed by atoms with Crippen LogP contribution in [0.1, 0.15) is 25.8 Å². The lowest BCUT2D eigenvalue weighted by Gasteiger charge is -2.13. The van der Waals surface area contributed by atoms with E-state index in [0.717, 1.165) is 0 Å². The number of hydrogen-bond acceptors (Lipinski definition) is 4.